The third-order valence-electron chi connectivity index (χ3n) is 6.61. The zero-order chi connectivity index (χ0) is 19.2. The van der Waals surface area contributed by atoms with E-state index in [1.807, 2.05) is 24.5 Å². The van der Waals surface area contributed by atoms with Crippen molar-refractivity contribution in [2.75, 3.05) is 13.1 Å². The number of carbonyl (C=O) groups is 1. The highest BCUT2D eigenvalue weighted by molar-refractivity contribution is 5.79. The van der Waals surface area contributed by atoms with Gasteiger partial charge in [-0.1, -0.05) is 43.2 Å². The fourth-order valence-corrected chi connectivity index (χ4v) is 5.02. The van der Waals surface area contributed by atoms with Crippen LogP contribution in [0.1, 0.15) is 56.1 Å². The summed E-state index contributed by atoms with van der Waals surface area (Å²) in [6, 6.07) is 15.4. The molecule has 0 bridgehead atoms. The van der Waals surface area contributed by atoms with E-state index in [0.29, 0.717) is 18.4 Å². The minimum atomic E-state index is 0.157. The van der Waals surface area contributed by atoms with Crippen molar-refractivity contribution in [3.63, 3.8) is 0 Å². The zero-order valence-corrected chi connectivity index (χ0v) is 16.6. The van der Waals surface area contributed by atoms with Gasteiger partial charge in [0.05, 0.1) is 0 Å². The molecule has 4 rings (SSSR count). The quantitative estimate of drug-likeness (QED) is 0.706. The molecule has 1 saturated heterocycles. The van der Waals surface area contributed by atoms with E-state index in [2.05, 4.69) is 45.5 Å². The van der Waals surface area contributed by atoms with E-state index in [1.54, 1.807) is 0 Å². The molecule has 1 aromatic heterocycles. The highest BCUT2D eigenvalue weighted by Crippen LogP contribution is 2.43. The second kappa shape index (κ2) is 8.87. The number of nitrogens with one attached hydrogen (secondary N) is 1. The normalized spacial score (nSPS) is 21.4. The molecule has 1 N–H and O–H groups in total. The molecule has 28 heavy (non-hydrogen) atoms. The predicted octanol–water partition coefficient (Wildman–Crippen LogP) is 4.06. The Morgan fingerprint density at radius 2 is 1.82 bits per heavy atom. The summed E-state index contributed by atoms with van der Waals surface area (Å²) >= 11 is 0. The first-order valence-corrected chi connectivity index (χ1v) is 10.7. The van der Waals surface area contributed by atoms with Crippen LogP contribution in [0.3, 0.4) is 0 Å². The molecule has 4 heteroatoms. The van der Waals surface area contributed by atoms with E-state index in [1.165, 1.54) is 36.8 Å². The summed E-state index contributed by atoms with van der Waals surface area (Å²) in [7, 11) is 0. The Morgan fingerprint density at radius 3 is 2.57 bits per heavy atom. The minimum absolute atomic E-state index is 0.157. The van der Waals surface area contributed by atoms with Crippen LogP contribution in [0.15, 0.2) is 54.9 Å². The van der Waals surface area contributed by atoms with Crippen LogP contribution in [-0.4, -0.2) is 34.9 Å². The Hall–Kier alpha value is -2.20. The standard InChI is InChI=1S/C24H31N3O/c28-23-9-8-22(12-17-26-18-20-10-15-25-16-11-20)27(23)19-24(13-4-5-14-24)21-6-2-1-3-7-21/h1-3,6-7,10-11,15-16,22,26H,4-5,8-9,12-14,17-19H2. The van der Waals surface area contributed by atoms with Gasteiger partial charge in [0.25, 0.3) is 0 Å². The van der Waals surface area contributed by atoms with Crippen LogP contribution >= 0.6 is 0 Å². The molecule has 1 aliphatic carbocycles. The van der Waals surface area contributed by atoms with Gasteiger partial charge in [0.2, 0.25) is 5.91 Å². The molecule has 1 amide bonds. The van der Waals surface area contributed by atoms with Crippen LogP contribution in [-0.2, 0) is 16.8 Å². The maximum Gasteiger partial charge on any atom is 0.222 e. The minimum Gasteiger partial charge on any atom is -0.339 e. The van der Waals surface area contributed by atoms with Gasteiger partial charge in [-0.25, -0.2) is 0 Å². The zero-order valence-electron chi connectivity index (χ0n) is 16.6. The summed E-state index contributed by atoms with van der Waals surface area (Å²) in [6.45, 7) is 2.69. The summed E-state index contributed by atoms with van der Waals surface area (Å²) < 4.78 is 0. The van der Waals surface area contributed by atoms with Gasteiger partial charge in [-0.05, 0) is 55.5 Å². The Kier molecular flexibility index (Phi) is 6.06. The van der Waals surface area contributed by atoms with E-state index in [-0.39, 0.29) is 5.41 Å². The van der Waals surface area contributed by atoms with Crippen molar-refractivity contribution in [1.29, 1.82) is 0 Å². The summed E-state index contributed by atoms with van der Waals surface area (Å²) in [5.41, 5.74) is 2.83. The van der Waals surface area contributed by atoms with E-state index in [0.717, 1.165) is 32.5 Å². The van der Waals surface area contributed by atoms with Gasteiger partial charge in [-0.2, -0.15) is 0 Å². The molecule has 2 aliphatic rings. The first kappa shape index (κ1) is 19.1. The Labute approximate surface area is 168 Å². The van der Waals surface area contributed by atoms with Crippen LogP contribution < -0.4 is 5.32 Å². The Balaban J connectivity index is 1.37. The van der Waals surface area contributed by atoms with E-state index in [9.17, 15) is 4.79 Å². The number of carbonyl (C=O) groups excluding carboxylic acids is 1. The topological polar surface area (TPSA) is 45.2 Å². The van der Waals surface area contributed by atoms with Crippen molar-refractivity contribution >= 4 is 5.91 Å². The van der Waals surface area contributed by atoms with Crippen molar-refractivity contribution in [2.24, 2.45) is 0 Å². The van der Waals surface area contributed by atoms with E-state index in [4.69, 9.17) is 0 Å². The summed E-state index contributed by atoms with van der Waals surface area (Å²) in [4.78, 5) is 19.0. The van der Waals surface area contributed by atoms with Crippen molar-refractivity contribution in [3.8, 4) is 0 Å². The molecule has 1 atom stereocenters. The maximum absolute atomic E-state index is 12.7. The molecule has 1 aromatic carbocycles. The van der Waals surface area contributed by atoms with Crippen LogP contribution in [0.2, 0.25) is 0 Å². The van der Waals surface area contributed by atoms with Gasteiger partial charge >= 0.3 is 0 Å². The van der Waals surface area contributed by atoms with Crippen LogP contribution in [0.5, 0.6) is 0 Å². The van der Waals surface area contributed by atoms with Gasteiger partial charge < -0.3 is 10.2 Å². The van der Waals surface area contributed by atoms with Crippen molar-refractivity contribution in [1.82, 2.24) is 15.2 Å². The largest absolute Gasteiger partial charge is 0.339 e. The van der Waals surface area contributed by atoms with Crippen LogP contribution in [0, 0.1) is 0 Å². The molecule has 148 valence electrons. The van der Waals surface area contributed by atoms with Crippen LogP contribution in [0.25, 0.3) is 0 Å². The first-order chi connectivity index (χ1) is 13.8. The number of amides is 1. The van der Waals surface area contributed by atoms with Crippen LogP contribution in [0.4, 0.5) is 0 Å². The van der Waals surface area contributed by atoms with Crippen molar-refractivity contribution in [2.45, 2.75) is 62.9 Å². The number of hydrogen-bond donors (Lipinski definition) is 1. The number of benzene rings is 1. The second-order valence-electron chi connectivity index (χ2n) is 8.39. The van der Waals surface area contributed by atoms with Gasteiger partial charge in [0.1, 0.15) is 0 Å². The molecule has 2 aromatic rings. The number of pyridine rings is 1. The molecule has 2 fully saturated rings. The van der Waals surface area contributed by atoms with Gasteiger partial charge in [-0.3, -0.25) is 9.78 Å². The molecule has 0 radical (unpaired) electrons. The lowest BCUT2D eigenvalue weighted by molar-refractivity contribution is -0.129. The molecule has 1 unspecified atom stereocenters. The Bertz CT molecular complexity index is 756. The monoisotopic (exact) mass is 377 g/mol. The molecular formula is C24H31N3O. The highest BCUT2D eigenvalue weighted by atomic mass is 16.2. The number of nitrogens with zero attached hydrogens (tertiary/aromatic N) is 2. The molecule has 4 nitrogen and oxygen atoms in total. The van der Waals surface area contributed by atoms with Gasteiger partial charge in [0.15, 0.2) is 0 Å². The molecule has 2 heterocycles. The average molecular weight is 378 g/mol. The van der Waals surface area contributed by atoms with E-state index >= 15 is 0 Å². The lowest BCUT2D eigenvalue weighted by Crippen LogP contribution is -2.44. The molecule has 1 saturated carbocycles. The SMILES string of the molecule is O=C1CCC(CCNCc2ccncc2)N1CC1(c2ccccc2)CCCC1. The van der Waals surface area contributed by atoms with E-state index < -0.39 is 0 Å². The smallest absolute Gasteiger partial charge is 0.222 e. The first-order valence-electron chi connectivity index (χ1n) is 10.7. The van der Waals surface area contributed by atoms with Crippen molar-refractivity contribution in [3.05, 3.63) is 66.0 Å². The van der Waals surface area contributed by atoms with Gasteiger partial charge in [0, 0.05) is 43.4 Å². The molecular weight excluding hydrogens is 346 g/mol. The van der Waals surface area contributed by atoms with Gasteiger partial charge in [-0.15, -0.1) is 0 Å². The predicted molar refractivity (Wildman–Crippen MR) is 112 cm³/mol. The number of rotatable bonds is 8. The van der Waals surface area contributed by atoms with Crippen molar-refractivity contribution < 1.29 is 4.79 Å². The fourth-order valence-electron chi connectivity index (χ4n) is 5.02. The summed E-state index contributed by atoms with van der Waals surface area (Å²) in [5.74, 6) is 0.348. The Morgan fingerprint density at radius 1 is 1.07 bits per heavy atom. The lowest BCUT2D eigenvalue weighted by Gasteiger charge is -2.37. The molecule has 0 spiro atoms. The maximum atomic E-state index is 12.7. The highest BCUT2D eigenvalue weighted by Gasteiger charge is 2.41. The third-order valence-corrected chi connectivity index (χ3v) is 6.61. The third kappa shape index (κ3) is 4.27. The fraction of sp³-hybridized carbons (Fsp3) is 0.500. The molecule has 1 aliphatic heterocycles. The number of likely N-dealkylation sites (tertiary alicyclic amines) is 1. The summed E-state index contributed by atoms with van der Waals surface area (Å²) in [5, 5.41) is 3.53. The lowest BCUT2D eigenvalue weighted by atomic mass is 9.78. The number of hydrogen-bond acceptors (Lipinski definition) is 3. The second-order valence-corrected chi connectivity index (χ2v) is 8.39. The summed E-state index contributed by atoms with van der Waals surface area (Å²) in [6.07, 6.45) is 11.4. The number of aromatic nitrogens is 1. The average Bonchev–Trinajstić information content (AvgIpc) is 3.36.